The number of halogens is 1. The minimum atomic E-state index is -3.04. The monoisotopic (exact) mass is 1390 g/mol. The highest BCUT2D eigenvalue weighted by Crippen LogP contribution is 2.46. The van der Waals surface area contributed by atoms with Crippen molar-refractivity contribution in [3.05, 3.63) is 332 Å². The third-order valence-electron chi connectivity index (χ3n) is 20.2. The number of nitrogens with zero attached hydrogens (tertiary/aromatic N) is 4. The van der Waals surface area contributed by atoms with Gasteiger partial charge in [0.05, 0.1) is 44.3 Å². The highest BCUT2D eigenvalue weighted by molar-refractivity contribution is 9.10. The van der Waals surface area contributed by atoms with Crippen LogP contribution in [0.25, 0.3) is 109 Å². The average Bonchev–Trinajstić information content (AvgIpc) is 1.51. The van der Waals surface area contributed by atoms with Crippen molar-refractivity contribution < 1.29 is 18.4 Å². The van der Waals surface area contributed by atoms with Crippen molar-refractivity contribution in [1.29, 1.82) is 0 Å². The molecule has 1 saturated heterocycles. The van der Waals surface area contributed by atoms with Gasteiger partial charge < -0.3 is 18.4 Å². The van der Waals surface area contributed by atoms with Crippen molar-refractivity contribution in [2.75, 3.05) is 0 Å². The number of benzene rings is 14. The second kappa shape index (κ2) is 25.0. The zero-order valence-electron chi connectivity index (χ0n) is 55.4. The Kier molecular flexibility index (Phi) is 15.7. The number of pyridine rings is 2. The fourth-order valence-electron chi connectivity index (χ4n) is 14.4. The van der Waals surface area contributed by atoms with Crippen molar-refractivity contribution in [2.24, 2.45) is 0 Å². The smallest absolute Gasteiger partial charge is 0.399 e. The minimum Gasteiger partial charge on any atom is -0.399 e. The molecule has 0 N–H and O–H groups in total. The second-order valence-corrected chi connectivity index (χ2v) is 33.1. The SMILES string of the molecule is CC1(C)OB(c2ccc3c(c2)c2ccccc2c2nc4ccccc4n32)OC1(C)C.O=P(c1ccccc1)(c1ccccc1)c1ccc2cc(-c3ccc4c(c3)c3ccccc3c3nc5ccccc5n43)ccc2c1.O=P(c1ccccc1)(c1ccccc1)c1ccc2cc(Br)ccc2c1. The molecule has 12 heteroatoms. The third-order valence-corrected chi connectivity index (χ3v) is 26.8. The lowest BCUT2D eigenvalue weighted by atomic mass is 9.78. The number of hydrogen-bond donors (Lipinski definition) is 0. The Bertz CT molecular complexity index is 6240. The molecule has 0 amide bonds. The van der Waals surface area contributed by atoms with Crippen LogP contribution in [0.15, 0.2) is 332 Å². The number of aromatic nitrogens is 4. The van der Waals surface area contributed by atoms with Crippen LogP contribution in [0.1, 0.15) is 27.7 Å². The van der Waals surface area contributed by atoms with E-state index in [4.69, 9.17) is 19.3 Å². The zero-order chi connectivity index (χ0) is 67.9. The van der Waals surface area contributed by atoms with Gasteiger partial charge in [0.2, 0.25) is 0 Å². The van der Waals surface area contributed by atoms with E-state index in [1.807, 2.05) is 158 Å². The molecule has 4 aromatic heterocycles. The molecule has 1 aliphatic heterocycles. The molecule has 0 bridgehead atoms. The Hall–Kier alpha value is -10.5. The van der Waals surface area contributed by atoms with Crippen molar-refractivity contribution in [3.63, 3.8) is 0 Å². The molecule has 482 valence electrons. The second-order valence-electron chi connectivity index (χ2n) is 26.7. The molecule has 0 unspecified atom stereocenters. The van der Waals surface area contributed by atoms with E-state index in [9.17, 15) is 9.13 Å². The first-order valence-electron chi connectivity index (χ1n) is 33.7. The van der Waals surface area contributed by atoms with Gasteiger partial charge in [-0.2, -0.15) is 0 Å². The van der Waals surface area contributed by atoms with E-state index in [0.717, 1.165) is 130 Å². The van der Waals surface area contributed by atoms with Crippen LogP contribution in [0.3, 0.4) is 0 Å². The summed E-state index contributed by atoms with van der Waals surface area (Å²) in [6, 6.07) is 111. The Morgan fingerprint density at radius 1 is 0.320 bits per heavy atom. The Balaban J connectivity index is 0.000000118. The zero-order valence-corrected chi connectivity index (χ0v) is 58.8. The van der Waals surface area contributed by atoms with Gasteiger partial charge in [-0.05, 0) is 149 Å². The van der Waals surface area contributed by atoms with Crippen LogP contribution in [0.2, 0.25) is 0 Å². The van der Waals surface area contributed by atoms with Crippen LogP contribution in [0.4, 0.5) is 0 Å². The molecule has 0 spiro atoms. The summed E-state index contributed by atoms with van der Waals surface area (Å²) in [5.74, 6) is 0. The van der Waals surface area contributed by atoms with Crippen LogP contribution < -0.4 is 37.3 Å². The van der Waals surface area contributed by atoms with Gasteiger partial charge in [0.25, 0.3) is 0 Å². The molecule has 0 radical (unpaired) electrons. The lowest BCUT2D eigenvalue weighted by Crippen LogP contribution is -2.41. The summed E-state index contributed by atoms with van der Waals surface area (Å²) in [6.45, 7) is 8.35. The van der Waals surface area contributed by atoms with E-state index in [-0.39, 0.29) is 18.3 Å². The molecule has 0 aliphatic carbocycles. The summed E-state index contributed by atoms with van der Waals surface area (Å²) in [5, 5.41) is 16.6. The van der Waals surface area contributed by atoms with Crippen LogP contribution in [0.5, 0.6) is 0 Å². The van der Waals surface area contributed by atoms with E-state index >= 15 is 0 Å². The highest BCUT2D eigenvalue weighted by Gasteiger charge is 2.52. The first-order valence-corrected chi connectivity index (χ1v) is 37.9. The summed E-state index contributed by atoms with van der Waals surface area (Å²) < 4.78 is 47.5. The van der Waals surface area contributed by atoms with Crippen LogP contribution in [-0.4, -0.2) is 37.1 Å². The van der Waals surface area contributed by atoms with Crippen LogP contribution in [0, 0.1) is 0 Å². The van der Waals surface area contributed by atoms with E-state index in [0.29, 0.717) is 0 Å². The fraction of sp³-hybridized carbons (Fsp3) is 0.0682. The predicted octanol–water partition coefficient (Wildman–Crippen LogP) is 19.6. The van der Waals surface area contributed by atoms with Gasteiger partial charge in [0.15, 0.2) is 14.3 Å². The Morgan fingerprint density at radius 2 is 0.680 bits per heavy atom. The van der Waals surface area contributed by atoms with Crippen molar-refractivity contribution in [3.8, 4) is 11.1 Å². The van der Waals surface area contributed by atoms with E-state index in [1.165, 1.54) is 21.5 Å². The number of hydrogen-bond acceptors (Lipinski definition) is 6. The van der Waals surface area contributed by atoms with Gasteiger partial charge in [-0.3, -0.25) is 8.80 Å². The average molecular weight is 1400 g/mol. The van der Waals surface area contributed by atoms with E-state index < -0.39 is 14.3 Å². The molecule has 5 heterocycles. The number of para-hydroxylation sites is 4. The number of fused-ring (bicyclic) bond motifs is 18. The molecular formula is C88H66BBrN4O4P2. The number of rotatable bonds is 8. The largest absolute Gasteiger partial charge is 0.494 e. The molecule has 100 heavy (non-hydrogen) atoms. The molecule has 1 aliphatic rings. The normalized spacial score (nSPS) is 13.8. The summed E-state index contributed by atoms with van der Waals surface area (Å²) >= 11 is 3.51. The predicted molar refractivity (Wildman–Crippen MR) is 425 cm³/mol. The molecule has 0 saturated carbocycles. The Labute approximate surface area is 588 Å². The highest BCUT2D eigenvalue weighted by atomic mass is 79.9. The maximum absolute atomic E-state index is 14.9. The molecule has 14 aromatic carbocycles. The van der Waals surface area contributed by atoms with E-state index in [1.54, 1.807) is 0 Å². The van der Waals surface area contributed by atoms with Crippen molar-refractivity contribution in [1.82, 2.24) is 18.8 Å². The summed E-state index contributed by atoms with van der Waals surface area (Å²) in [5.41, 5.74) is 11.1. The lowest BCUT2D eigenvalue weighted by molar-refractivity contribution is 0.00578. The fourth-order valence-corrected chi connectivity index (χ4v) is 20.1. The Morgan fingerprint density at radius 3 is 1.16 bits per heavy atom. The van der Waals surface area contributed by atoms with Gasteiger partial charge in [-0.15, -0.1) is 0 Å². The maximum Gasteiger partial charge on any atom is 0.494 e. The quantitative estimate of drug-likeness (QED) is 0.0856. The number of imidazole rings is 2. The summed E-state index contributed by atoms with van der Waals surface area (Å²) in [4.78, 5) is 9.96. The summed E-state index contributed by atoms with van der Waals surface area (Å²) in [7, 11) is -6.33. The van der Waals surface area contributed by atoms with Gasteiger partial charge in [0.1, 0.15) is 11.3 Å². The van der Waals surface area contributed by atoms with E-state index in [2.05, 4.69) is 222 Å². The summed E-state index contributed by atoms with van der Waals surface area (Å²) in [6.07, 6.45) is 0. The van der Waals surface area contributed by atoms with Gasteiger partial charge in [0, 0.05) is 57.8 Å². The van der Waals surface area contributed by atoms with Crippen molar-refractivity contribution in [2.45, 2.75) is 38.9 Å². The standard InChI is InChI=1S/C41H27N2OP.C25H23BN2O2.C22H16BrOP/c44-45(32-11-3-1-4-12-32,33-13-5-2-6-14-33)34-23-21-29-25-28(19-20-30(29)26-34)31-22-24-39-37(27-31)35-15-7-8-16-36(35)41-42-38-17-9-10-18-40(38)43(39)41;1-24(2)25(3,4)30-26(29-24)16-13-14-21-19(15-16)17-9-5-6-10-18(17)23-27-20-11-7-8-12-22(20)28(21)23;23-19-13-11-18-16-22(14-12-17(18)15-19)25(24,20-7-3-1-4-8-20)21-9-5-2-6-10-21/h1-27H;5-15H,1-4H3;1-16H. The molecule has 19 rings (SSSR count). The first kappa shape index (κ1) is 62.9. The molecule has 18 aromatic rings. The van der Waals surface area contributed by atoms with Crippen LogP contribution in [-0.2, 0) is 18.4 Å². The molecule has 1 fully saturated rings. The van der Waals surface area contributed by atoms with Gasteiger partial charge in [-0.1, -0.05) is 271 Å². The van der Waals surface area contributed by atoms with Gasteiger partial charge in [-0.25, -0.2) is 9.97 Å². The molecule has 8 nitrogen and oxygen atoms in total. The topological polar surface area (TPSA) is 87.2 Å². The minimum absolute atomic E-state index is 0.362. The first-order chi connectivity index (χ1) is 48.7. The maximum atomic E-state index is 14.9. The van der Waals surface area contributed by atoms with Gasteiger partial charge >= 0.3 is 7.12 Å². The van der Waals surface area contributed by atoms with Crippen molar-refractivity contribution >= 4 is 173 Å². The van der Waals surface area contributed by atoms with Crippen LogP contribution >= 0.6 is 30.2 Å². The lowest BCUT2D eigenvalue weighted by Gasteiger charge is -2.32. The third kappa shape index (κ3) is 10.8. The molecular weight excluding hydrogens is 1330 g/mol. The molecule has 0 atom stereocenters.